The summed E-state index contributed by atoms with van der Waals surface area (Å²) in [5, 5.41) is 3.12. The first-order valence-electron chi connectivity index (χ1n) is 7.28. The summed E-state index contributed by atoms with van der Waals surface area (Å²) in [6.45, 7) is 0. The SMILES string of the molecule is NC(=S)C(NC(=O)C1CCCC1)C1CCCCC1. The van der Waals surface area contributed by atoms with Crippen molar-refractivity contribution in [2.75, 3.05) is 0 Å². The highest BCUT2D eigenvalue weighted by molar-refractivity contribution is 7.80. The average molecular weight is 268 g/mol. The Balaban J connectivity index is 1.92. The number of carbonyl (C=O) groups excluding carboxylic acids is 1. The summed E-state index contributed by atoms with van der Waals surface area (Å²) in [5.41, 5.74) is 5.83. The number of hydrogen-bond acceptors (Lipinski definition) is 2. The molecule has 3 nitrogen and oxygen atoms in total. The number of nitrogens with one attached hydrogen (secondary N) is 1. The molecule has 102 valence electrons. The molecule has 1 atom stereocenters. The van der Waals surface area contributed by atoms with Crippen LogP contribution in [0.1, 0.15) is 57.8 Å². The van der Waals surface area contributed by atoms with Crippen molar-refractivity contribution in [1.29, 1.82) is 0 Å². The molecule has 0 aliphatic heterocycles. The molecule has 0 aromatic rings. The molecule has 0 bridgehead atoms. The van der Waals surface area contributed by atoms with Crippen LogP contribution in [0.15, 0.2) is 0 Å². The van der Waals surface area contributed by atoms with E-state index in [9.17, 15) is 4.79 Å². The van der Waals surface area contributed by atoms with E-state index in [0.29, 0.717) is 10.9 Å². The molecule has 18 heavy (non-hydrogen) atoms. The summed E-state index contributed by atoms with van der Waals surface area (Å²) in [7, 11) is 0. The van der Waals surface area contributed by atoms with Gasteiger partial charge in [0.05, 0.1) is 11.0 Å². The van der Waals surface area contributed by atoms with Gasteiger partial charge >= 0.3 is 0 Å². The third-order valence-corrected chi connectivity index (χ3v) is 4.71. The molecule has 2 rings (SSSR count). The summed E-state index contributed by atoms with van der Waals surface area (Å²) < 4.78 is 0. The van der Waals surface area contributed by atoms with E-state index in [4.69, 9.17) is 18.0 Å². The third kappa shape index (κ3) is 3.44. The van der Waals surface area contributed by atoms with Crippen LogP contribution < -0.4 is 11.1 Å². The second-order valence-corrected chi connectivity index (χ2v) is 6.24. The van der Waals surface area contributed by atoms with E-state index in [1.807, 2.05) is 0 Å². The van der Waals surface area contributed by atoms with E-state index in [0.717, 1.165) is 25.7 Å². The maximum absolute atomic E-state index is 12.2. The van der Waals surface area contributed by atoms with Crippen LogP contribution in [-0.2, 0) is 4.79 Å². The molecule has 2 aliphatic carbocycles. The highest BCUT2D eigenvalue weighted by Crippen LogP contribution is 2.28. The number of thiocarbonyl (C=S) groups is 1. The Morgan fingerprint density at radius 2 is 1.61 bits per heavy atom. The summed E-state index contributed by atoms with van der Waals surface area (Å²) in [6.07, 6.45) is 10.5. The first-order valence-corrected chi connectivity index (χ1v) is 7.69. The lowest BCUT2D eigenvalue weighted by Crippen LogP contribution is -2.50. The summed E-state index contributed by atoms with van der Waals surface area (Å²) >= 11 is 5.15. The molecule has 0 heterocycles. The van der Waals surface area contributed by atoms with Gasteiger partial charge in [0.25, 0.3) is 0 Å². The van der Waals surface area contributed by atoms with Crippen molar-refractivity contribution >= 4 is 23.1 Å². The molecule has 0 radical (unpaired) electrons. The zero-order valence-electron chi connectivity index (χ0n) is 11.0. The van der Waals surface area contributed by atoms with Gasteiger partial charge in [0, 0.05) is 5.92 Å². The summed E-state index contributed by atoms with van der Waals surface area (Å²) in [4.78, 5) is 12.6. The third-order valence-electron chi connectivity index (χ3n) is 4.45. The average Bonchev–Trinajstić information content (AvgIpc) is 2.90. The number of rotatable bonds is 4. The lowest BCUT2D eigenvalue weighted by molar-refractivity contribution is -0.125. The van der Waals surface area contributed by atoms with Crippen LogP contribution in [-0.4, -0.2) is 16.9 Å². The van der Waals surface area contributed by atoms with Crippen molar-refractivity contribution in [2.45, 2.75) is 63.8 Å². The number of hydrogen-bond donors (Lipinski definition) is 2. The highest BCUT2D eigenvalue weighted by atomic mass is 32.1. The molecule has 1 amide bonds. The lowest BCUT2D eigenvalue weighted by Gasteiger charge is -2.31. The summed E-state index contributed by atoms with van der Waals surface area (Å²) in [6, 6.07) is -0.0756. The van der Waals surface area contributed by atoms with Gasteiger partial charge in [0.15, 0.2) is 0 Å². The monoisotopic (exact) mass is 268 g/mol. The molecule has 0 aromatic heterocycles. The predicted octanol–water partition coefficient (Wildman–Crippen LogP) is 2.53. The molecule has 2 aliphatic rings. The van der Waals surface area contributed by atoms with Gasteiger partial charge in [0.2, 0.25) is 5.91 Å². The Kier molecular flexibility index (Phi) is 4.98. The van der Waals surface area contributed by atoms with E-state index in [2.05, 4.69) is 5.32 Å². The van der Waals surface area contributed by atoms with Gasteiger partial charge in [-0.05, 0) is 31.6 Å². The van der Waals surface area contributed by atoms with E-state index in [1.54, 1.807) is 0 Å². The first kappa shape index (κ1) is 13.8. The minimum absolute atomic E-state index is 0.0756. The van der Waals surface area contributed by atoms with Crippen LogP contribution >= 0.6 is 12.2 Å². The number of amides is 1. The second kappa shape index (κ2) is 6.50. The van der Waals surface area contributed by atoms with Crippen LogP contribution in [0.4, 0.5) is 0 Å². The van der Waals surface area contributed by atoms with Crippen molar-refractivity contribution in [3.8, 4) is 0 Å². The molecule has 1 unspecified atom stereocenters. The van der Waals surface area contributed by atoms with Crippen molar-refractivity contribution in [3.05, 3.63) is 0 Å². The lowest BCUT2D eigenvalue weighted by atomic mass is 9.83. The molecule has 2 fully saturated rings. The smallest absolute Gasteiger partial charge is 0.223 e. The Morgan fingerprint density at radius 3 is 2.17 bits per heavy atom. The van der Waals surface area contributed by atoms with Crippen molar-refractivity contribution in [3.63, 3.8) is 0 Å². The fraction of sp³-hybridized carbons (Fsp3) is 0.857. The van der Waals surface area contributed by atoms with Crippen LogP contribution in [0.25, 0.3) is 0 Å². The second-order valence-electron chi connectivity index (χ2n) is 5.77. The van der Waals surface area contributed by atoms with Crippen LogP contribution in [0.5, 0.6) is 0 Å². The molecule has 3 N–H and O–H groups in total. The van der Waals surface area contributed by atoms with E-state index >= 15 is 0 Å². The Hall–Kier alpha value is -0.640. The van der Waals surface area contributed by atoms with Crippen molar-refractivity contribution in [2.24, 2.45) is 17.6 Å². The number of nitrogens with two attached hydrogens (primary N) is 1. The molecular formula is C14H24N2OS. The molecule has 0 spiro atoms. The Bertz CT molecular complexity index is 307. The van der Waals surface area contributed by atoms with E-state index in [1.165, 1.54) is 32.1 Å². The van der Waals surface area contributed by atoms with Gasteiger partial charge in [-0.2, -0.15) is 0 Å². The van der Waals surface area contributed by atoms with Gasteiger partial charge in [-0.25, -0.2) is 0 Å². The predicted molar refractivity (Wildman–Crippen MR) is 77.2 cm³/mol. The number of carbonyl (C=O) groups is 1. The highest BCUT2D eigenvalue weighted by Gasteiger charge is 2.30. The molecule has 2 saturated carbocycles. The van der Waals surface area contributed by atoms with E-state index in [-0.39, 0.29) is 17.9 Å². The zero-order chi connectivity index (χ0) is 13.0. The van der Waals surface area contributed by atoms with Gasteiger partial charge < -0.3 is 11.1 Å². The maximum Gasteiger partial charge on any atom is 0.223 e. The van der Waals surface area contributed by atoms with Crippen molar-refractivity contribution < 1.29 is 4.79 Å². The minimum Gasteiger partial charge on any atom is -0.392 e. The molecule has 0 saturated heterocycles. The topological polar surface area (TPSA) is 55.1 Å². The Morgan fingerprint density at radius 1 is 1.06 bits per heavy atom. The van der Waals surface area contributed by atoms with Crippen LogP contribution in [0.3, 0.4) is 0 Å². The van der Waals surface area contributed by atoms with Gasteiger partial charge in [-0.3, -0.25) is 4.79 Å². The van der Waals surface area contributed by atoms with Crippen molar-refractivity contribution in [1.82, 2.24) is 5.32 Å². The van der Waals surface area contributed by atoms with E-state index < -0.39 is 0 Å². The summed E-state index contributed by atoms with van der Waals surface area (Å²) in [5.74, 6) is 0.836. The first-order chi connectivity index (χ1) is 8.68. The van der Waals surface area contributed by atoms with Crippen LogP contribution in [0.2, 0.25) is 0 Å². The van der Waals surface area contributed by atoms with Gasteiger partial charge in [0.1, 0.15) is 0 Å². The minimum atomic E-state index is -0.0756. The largest absolute Gasteiger partial charge is 0.392 e. The van der Waals surface area contributed by atoms with Crippen LogP contribution in [0, 0.1) is 11.8 Å². The standard InChI is InChI=1S/C14H24N2OS/c15-13(18)12(10-6-2-1-3-7-10)16-14(17)11-8-4-5-9-11/h10-12H,1-9H2,(H2,15,18)(H,16,17). The molecule has 4 heteroatoms. The van der Waals surface area contributed by atoms with Gasteiger partial charge in [-0.1, -0.05) is 44.3 Å². The quantitative estimate of drug-likeness (QED) is 0.770. The zero-order valence-corrected chi connectivity index (χ0v) is 11.8. The molecule has 0 aromatic carbocycles. The Labute approximate surface area is 115 Å². The fourth-order valence-corrected chi connectivity index (χ4v) is 3.60. The fourth-order valence-electron chi connectivity index (χ4n) is 3.35. The van der Waals surface area contributed by atoms with Gasteiger partial charge in [-0.15, -0.1) is 0 Å². The molecular weight excluding hydrogens is 244 g/mol. The normalized spacial score (nSPS) is 23.8. The maximum atomic E-state index is 12.2.